The van der Waals surface area contributed by atoms with Crippen molar-refractivity contribution < 1.29 is 9.32 Å². The van der Waals surface area contributed by atoms with Crippen molar-refractivity contribution >= 4 is 17.2 Å². The van der Waals surface area contributed by atoms with Crippen LogP contribution in [0.5, 0.6) is 0 Å². The summed E-state index contributed by atoms with van der Waals surface area (Å²) in [7, 11) is 0. The maximum Gasteiger partial charge on any atom is 0.273 e. The largest absolute Gasteiger partial charge is 0.361 e. The second kappa shape index (κ2) is 5.84. The second-order valence-corrected chi connectivity index (χ2v) is 5.28. The van der Waals surface area contributed by atoms with Crippen molar-refractivity contribution in [3.8, 4) is 10.6 Å². The van der Waals surface area contributed by atoms with Crippen molar-refractivity contribution in [2.24, 2.45) is 0 Å². The van der Waals surface area contributed by atoms with Gasteiger partial charge in [-0.25, -0.2) is 0 Å². The smallest absolute Gasteiger partial charge is 0.273 e. The first-order valence-corrected chi connectivity index (χ1v) is 7.17. The fourth-order valence-electron chi connectivity index (χ4n) is 1.84. The molecule has 3 aromatic heterocycles. The van der Waals surface area contributed by atoms with Crippen molar-refractivity contribution in [3.05, 3.63) is 53.1 Å². The Bertz CT molecular complexity index is 752. The van der Waals surface area contributed by atoms with Gasteiger partial charge in [-0.15, -0.1) is 11.3 Å². The number of amides is 1. The van der Waals surface area contributed by atoms with Crippen LogP contribution in [0.3, 0.4) is 0 Å². The summed E-state index contributed by atoms with van der Waals surface area (Å²) in [5, 5.41) is 8.43. The van der Waals surface area contributed by atoms with E-state index in [1.807, 2.05) is 17.5 Å². The third-order valence-electron chi connectivity index (χ3n) is 2.81. The van der Waals surface area contributed by atoms with E-state index in [4.69, 9.17) is 4.52 Å². The molecule has 0 atom stereocenters. The lowest BCUT2D eigenvalue weighted by Gasteiger charge is -2.06. The van der Waals surface area contributed by atoms with Crippen molar-refractivity contribution in [3.63, 3.8) is 0 Å². The lowest BCUT2D eigenvalue weighted by Crippen LogP contribution is -2.24. The number of aromatic nitrogens is 3. The Morgan fingerprint density at radius 1 is 1.38 bits per heavy atom. The average molecular weight is 300 g/mol. The zero-order chi connectivity index (χ0) is 14.7. The van der Waals surface area contributed by atoms with Crippen LogP contribution in [0.25, 0.3) is 10.6 Å². The predicted octanol–water partition coefficient (Wildman–Crippen LogP) is 2.43. The normalized spacial score (nSPS) is 10.5. The van der Waals surface area contributed by atoms with Crippen molar-refractivity contribution in [2.45, 2.75) is 13.5 Å². The van der Waals surface area contributed by atoms with Gasteiger partial charge in [-0.1, -0.05) is 11.2 Å². The zero-order valence-electron chi connectivity index (χ0n) is 11.2. The number of rotatable bonds is 4. The number of nitrogens with one attached hydrogen (secondary N) is 1. The van der Waals surface area contributed by atoms with Crippen molar-refractivity contribution in [2.75, 3.05) is 0 Å². The highest BCUT2D eigenvalue weighted by atomic mass is 32.1. The lowest BCUT2D eigenvalue weighted by atomic mass is 10.2. The molecule has 0 aliphatic carbocycles. The molecular formula is C14H12N4O2S. The standard InChI is InChI=1S/C14H12N4O2S/c1-9-7-10(18-20-9)14(19)17-8-11-13(16-5-4-15-11)12-3-2-6-21-12/h2-7H,8H2,1H3,(H,17,19). The monoisotopic (exact) mass is 300 g/mol. The molecular weight excluding hydrogens is 288 g/mol. The SMILES string of the molecule is Cc1cc(C(=O)NCc2nccnc2-c2cccs2)no1. The van der Waals surface area contributed by atoms with Crippen LogP contribution in [0.4, 0.5) is 0 Å². The summed E-state index contributed by atoms with van der Waals surface area (Å²) >= 11 is 1.58. The Morgan fingerprint density at radius 3 is 2.95 bits per heavy atom. The summed E-state index contributed by atoms with van der Waals surface area (Å²) in [5.74, 6) is 0.300. The summed E-state index contributed by atoms with van der Waals surface area (Å²) < 4.78 is 4.88. The van der Waals surface area contributed by atoms with Gasteiger partial charge in [-0.3, -0.25) is 14.8 Å². The molecule has 0 saturated heterocycles. The van der Waals surface area contributed by atoms with Crippen molar-refractivity contribution in [1.82, 2.24) is 20.4 Å². The Morgan fingerprint density at radius 2 is 2.24 bits per heavy atom. The first-order valence-electron chi connectivity index (χ1n) is 6.29. The Kier molecular flexibility index (Phi) is 3.74. The van der Waals surface area contributed by atoms with Gasteiger partial charge < -0.3 is 9.84 Å². The minimum Gasteiger partial charge on any atom is -0.361 e. The summed E-state index contributed by atoms with van der Waals surface area (Å²) in [6.07, 6.45) is 3.25. The Hall–Kier alpha value is -2.54. The molecule has 106 valence electrons. The third-order valence-corrected chi connectivity index (χ3v) is 3.68. The zero-order valence-corrected chi connectivity index (χ0v) is 12.1. The maximum atomic E-state index is 11.9. The summed E-state index contributed by atoms with van der Waals surface area (Å²) in [5.41, 5.74) is 1.76. The van der Waals surface area contributed by atoms with Crippen LogP contribution in [-0.2, 0) is 6.54 Å². The van der Waals surface area contributed by atoms with E-state index in [2.05, 4.69) is 20.4 Å². The first-order chi connectivity index (χ1) is 10.2. The average Bonchev–Trinajstić information content (AvgIpc) is 3.16. The number of carbonyl (C=O) groups is 1. The molecule has 0 bridgehead atoms. The Balaban J connectivity index is 1.75. The molecule has 0 aliphatic heterocycles. The highest BCUT2D eigenvalue weighted by Crippen LogP contribution is 2.24. The van der Waals surface area contributed by atoms with E-state index < -0.39 is 0 Å². The highest BCUT2D eigenvalue weighted by Gasteiger charge is 2.13. The number of nitrogens with zero attached hydrogens (tertiary/aromatic N) is 3. The van der Waals surface area contributed by atoms with E-state index in [1.54, 1.807) is 36.7 Å². The second-order valence-electron chi connectivity index (χ2n) is 4.33. The van der Waals surface area contributed by atoms with Gasteiger partial charge in [0.05, 0.1) is 17.1 Å². The van der Waals surface area contributed by atoms with E-state index in [0.717, 1.165) is 10.6 Å². The van der Waals surface area contributed by atoms with Gasteiger partial charge in [-0.2, -0.15) is 0 Å². The van der Waals surface area contributed by atoms with Gasteiger partial charge in [0.1, 0.15) is 11.5 Å². The minimum atomic E-state index is -0.297. The summed E-state index contributed by atoms with van der Waals surface area (Å²) in [4.78, 5) is 21.6. The van der Waals surface area contributed by atoms with Gasteiger partial charge in [0.2, 0.25) is 0 Å². The number of carbonyl (C=O) groups excluding carboxylic acids is 1. The van der Waals surface area contributed by atoms with Gasteiger partial charge in [0.25, 0.3) is 5.91 Å². The molecule has 3 heterocycles. The van der Waals surface area contributed by atoms with E-state index in [-0.39, 0.29) is 18.1 Å². The van der Waals surface area contributed by atoms with Crippen LogP contribution in [-0.4, -0.2) is 21.0 Å². The molecule has 1 amide bonds. The molecule has 0 aliphatic rings. The van der Waals surface area contributed by atoms with Gasteiger partial charge >= 0.3 is 0 Å². The molecule has 0 radical (unpaired) electrons. The molecule has 7 heteroatoms. The molecule has 3 rings (SSSR count). The molecule has 21 heavy (non-hydrogen) atoms. The molecule has 0 saturated carbocycles. The highest BCUT2D eigenvalue weighted by molar-refractivity contribution is 7.13. The van der Waals surface area contributed by atoms with Gasteiger partial charge in [-0.05, 0) is 18.4 Å². The fourth-order valence-corrected chi connectivity index (χ4v) is 2.59. The fraction of sp³-hybridized carbons (Fsp3) is 0.143. The summed E-state index contributed by atoms with van der Waals surface area (Å²) in [6.45, 7) is 2.02. The quantitative estimate of drug-likeness (QED) is 0.800. The van der Waals surface area contributed by atoms with Crippen LogP contribution in [0.1, 0.15) is 21.9 Å². The van der Waals surface area contributed by atoms with Crippen LogP contribution < -0.4 is 5.32 Å². The molecule has 0 unspecified atom stereocenters. The third kappa shape index (κ3) is 2.97. The molecule has 0 spiro atoms. The number of hydrogen-bond donors (Lipinski definition) is 1. The minimum absolute atomic E-state index is 0.258. The number of aryl methyl sites for hydroxylation is 1. The van der Waals surface area contributed by atoms with E-state index in [1.165, 1.54) is 0 Å². The maximum absolute atomic E-state index is 11.9. The first kappa shape index (κ1) is 13.4. The van der Waals surface area contributed by atoms with Crippen LogP contribution >= 0.6 is 11.3 Å². The number of thiophene rings is 1. The van der Waals surface area contributed by atoms with E-state index in [0.29, 0.717) is 11.5 Å². The molecule has 0 fully saturated rings. The predicted molar refractivity (Wildman–Crippen MR) is 77.8 cm³/mol. The molecule has 1 N–H and O–H groups in total. The lowest BCUT2D eigenvalue weighted by molar-refractivity contribution is 0.0941. The number of hydrogen-bond acceptors (Lipinski definition) is 6. The van der Waals surface area contributed by atoms with Gasteiger partial charge in [0, 0.05) is 18.5 Å². The van der Waals surface area contributed by atoms with E-state index in [9.17, 15) is 4.79 Å². The molecule has 0 aromatic carbocycles. The summed E-state index contributed by atoms with van der Waals surface area (Å²) in [6, 6.07) is 5.52. The van der Waals surface area contributed by atoms with Gasteiger partial charge in [0.15, 0.2) is 5.69 Å². The Labute approximate surface area is 124 Å². The molecule has 6 nitrogen and oxygen atoms in total. The van der Waals surface area contributed by atoms with Crippen LogP contribution in [0, 0.1) is 6.92 Å². The van der Waals surface area contributed by atoms with Crippen LogP contribution in [0.15, 0.2) is 40.5 Å². The van der Waals surface area contributed by atoms with Crippen LogP contribution in [0.2, 0.25) is 0 Å². The van der Waals surface area contributed by atoms with Crippen molar-refractivity contribution in [1.29, 1.82) is 0 Å². The molecule has 3 aromatic rings. The van der Waals surface area contributed by atoms with E-state index >= 15 is 0 Å². The topological polar surface area (TPSA) is 80.9 Å².